The van der Waals surface area contributed by atoms with Gasteiger partial charge in [-0.15, -0.1) is 0 Å². The molecule has 0 saturated heterocycles. The molecule has 0 fully saturated rings. The van der Waals surface area contributed by atoms with Crippen LogP contribution in [0.5, 0.6) is 0 Å². The summed E-state index contributed by atoms with van der Waals surface area (Å²) in [7, 11) is -4.12. The molecule has 3 N–H and O–H groups in total. The summed E-state index contributed by atoms with van der Waals surface area (Å²) in [4.78, 5) is -0.525. The van der Waals surface area contributed by atoms with Crippen molar-refractivity contribution in [2.45, 2.75) is 4.90 Å². The van der Waals surface area contributed by atoms with Crippen LogP contribution < -0.4 is 10.5 Å². The zero-order valence-corrected chi connectivity index (χ0v) is 11.5. The number of hydrogen-bond acceptors (Lipinski definition) is 3. The average molecular weight is 319 g/mol. The Labute approximate surface area is 119 Å². The summed E-state index contributed by atoms with van der Waals surface area (Å²) >= 11 is 5.76. The Bertz CT molecular complexity index is 746. The Kier molecular flexibility index (Phi) is 3.82. The molecule has 0 aliphatic rings. The van der Waals surface area contributed by atoms with E-state index in [0.717, 1.165) is 0 Å². The molecule has 0 saturated carbocycles. The molecule has 2 rings (SSSR count). The predicted octanol–water partition coefficient (Wildman–Crippen LogP) is 3.00. The molecule has 0 bridgehead atoms. The van der Waals surface area contributed by atoms with Crippen molar-refractivity contribution in [1.29, 1.82) is 0 Å². The molecular weight excluding hydrogens is 310 g/mol. The monoisotopic (exact) mass is 318 g/mol. The average Bonchev–Trinajstić information content (AvgIpc) is 2.32. The lowest BCUT2D eigenvalue weighted by Gasteiger charge is -2.09. The summed E-state index contributed by atoms with van der Waals surface area (Å²) < 4.78 is 52.2. The smallest absolute Gasteiger partial charge is 0.262 e. The number of sulfonamides is 1. The van der Waals surface area contributed by atoms with Gasteiger partial charge in [0.05, 0.1) is 21.3 Å². The predicted molar refractivity (Wildman–Crippen MR) is 73.0 cm³/mol. The third kappa shape index (κ3) is 3.17. The summed E-state index contributed by atoms with van der Waals surface area (Å²) in [6.45, 7) is 0. The van der Waals surface area contributed by atoms with Crippen LogP contribution in [0.2, 0.25) is 5.02 Å². The van der Waals surface area contributed by atoms with Crippen molar-refractivity contribution in [3.05, 3.63) is 53.1 Å². The lowest BCUT2D eigenvalue weighted by molar-refractivity contribution is 0.568. The van der Waals surface area contributed by atoms with E-state index in [0.29, 0.717) is 18.2 Å². The van der Waals surface area contributed by atoms with E-state index < -0.39 is 26.6 Å². The van der Waals surface area contributed by atoms with E-state index >= 15 is 0 Å². The first kappa shape index (κ1) is 14.5. The highest BCUT2D eigenvalue weighted by atomic mass is 35.5. The molecule has 0 atom stereocenters. The molecular formula is C12H9ClF2N2O2S. The Morgan fingerprint density at radius 3 is 2.20 bits per heavy atom. The van der Waals surface area contributed by atoms with E-state index in [1.54, 1.807) is 0 Å². The third-order valence-electron chi connectivity index (χ3n) is 2.40. The number of nitrogens with two attached hydrogens (primary N) is 1. The van der Waals surface area contributed by atoms with Gasteiger partial charge in [-0.3, -0.25) is 4.72 Å². The molecule has 2 aromatic carbocycles. The van der Waals surface area contributed by atoms with Crippen LogP contribution in [0.4, 0.5) is 20.2 Å². The molecule has 0 aromatic heterocycles. The highest BCUT2D eigenvalue weighted by Gasteiger charge is 2.17. The third-order valence-corrected chi connectivity index (χ3v) is 4.09. The summed E-state index contributed by atoms with van der Waals surface area (Å²) in [5.41, 5.74) is 5.91. The highest BCUT2D eigenvalue weighted by molar-refractivity contribution is 7.92. The van der Waals surface area contributed by atoms with Gasteiger partial charge in [0.25, 0.3) is 10.0 Å². The van der Waals surface area contributed by atoms with Crippen LogP contribution in [0, 0.1) is 11.6 Å². The minimum absolute atomic E-state index is 0.133. The Morgan fingerprint density at radius 1 is 1.05 bits per heavy atom. The van der Waals surface area contributed by atoms with E-state index in [-0.39, 0.29) is 16.4 Å². The van der Waals surface area contributed by atoms with Gasteiger partial charge in [0.1, 0.15) is 11.6 Å². The normalized spacial score (nSPS) is 11.3. The summed E-state index contributed by atoms with van der Waals surface area (Å²) in [5, 5.41) is 0.163. The lowest BCUT2D eigenvalue weighted by Crippen LogP contribution is -2.13. The fourth-order valence-electron chi connectivity index (χ4n) is 1.49. The Hall–Kier alpha value is -1.86. The molecule has 0 aliphatic heterocycles. The minimum Gasteiger partial charge on any atom is -0.398 e. The molecule has 0 radical (unpaired) electrons. The molecule has 106 valence electrons. The van der Waals surface area contributed by atoms with Crippen LogP contribution in [0.25, 0.3) is 0 Å². The van der Waals surface area contributed by atoms with Gasteiger partial charge in [-0.2, -0.15) is 0 Å². The number of nitrogens with one attached hydrogen (secondary N) is 1. The largest absolute Gasteiger partial charge is 0.398 e. The Balaban J connectivity index is 2.37. The molecule has 0 spiro atoms. The summed E-state index contributed by atoms with van der Waals surface area (Å²) in [6.07, 6.45) is 0. The first-order valence-corrected chi connectivity index (χ1v) is 7.18. The SMILES string of the molecule is Nc1ccc(NS(=O)(=O)c2cc(F)cc(F)c2)cc1Cl. The first-order chi connectivity index (χ1) is 9.28. The maximum absolute atomic E-state index is 13.0. The molecule has 0 heterocycles. The topological polar surface area (TPSA) is 72.2 Å². The van der Waals surface area contributed by atoms with E-state index in [1.807, 2.05) is 0 Å². The van der Waals surface area contributed by atoms with Crippen molar-refractivity contribution < 1.29 is 17.2 Å². The lowest BCUT2D eigenvalue weighted by atomic mass is 10.3. The number of benzene rings is 2. The van der Waals surface area contributed by atoms with Crippen LogP contribution in [0.1, 0.15) is 0 Å². The van der Waals surface area contributed by atoms with Crippen molar-refractivity contribution >= 4 is 33.0 Å². The van der Waals surface area contributed by atoms with Crippen molar-refractivity contribution in [3.8, 4) is 0 Å². The van der Waals surface area contributed by atoms with Crippen molar-refractivity contribution in [1.82, 2.24) is 0 Å². The van der Waals surface area contributed by atoms with Crippen molar-refractivity contribution in [2.75, 3.05) is 10.5 Å². The van der Waals surface area contributed by atoms with Gasteiger partial charge in [0, 0.05) is 6.07 Å². The second kappa shape index (κ2) is 5.26. The van der Waals surface area contributed by atoms with Gasteiger partial charge in [0.15, 0.2) is 0 Å². The number of hydrogen-bond donors (Lipinski definition) is 2. The van der Waals surface area contributed by atoms with Crippen molar-refractivity contribution in [2.24, 2.45) is 0 Å². The van der Waals surface area contributed by atoms with Gasteiger partial charge in [-0.05, 0) is 30.3 Å². The van der Waals surface area contributed by atoms with E-state index in [9.17, 15) is 17.2 Å². The van der Waals surface area contributed by atoms with Crippen LogP contribution in [0.3, 0.4) is 0 Å². The first-order valence-electron chi connectivity index (χ1n) is 5.32. The number of rotatable bonds is 3. The van der Waals surface area contributed by atoms with Gasteiger partial charge >= 0.3 is 0 Å². The van der Waals surface area contributed by atoms with Crippen LogP contribution in [0.15, 0.2) is 41.3 Å². The minimum atomic E-state index is -4.12. The maximum Gasteiger partial charge on any atom is 0.262 e. The van der Waals surface area contributed by atoms with Gasteiger partial charge in [-0.25, -0.2) is 17.2 Å². The van der Waals surface area contributed by atoms with Crippen molar-refractivity contribution in [3.63, 3.8) is 0 Å². The maximum atomic E-state index is 13.0. The molecule has 0 unspecified atom stereocenters. The zero-order chi connectivity index (χ0) is 14.9. The summed E-state index contributed by atoms with van der Waals surface area (Å²) in [5.74, 6) is -1.97. The Morgan fingerprint density at radius 2 is 1.65 bits per heavy atom. The second-order valence-corrected chi connectivity index (χ2v) is 6.04. The quantitative estimate of drug-likeness (QED) is 0.854. The molecule has 4 nitrogen and oxygen atoms in total. The van der Waals surface area contributed by atoms with Crippen LogP contribution in [-0.2, 0) is 10.0 Å². The fraction of sp³-hybridized carbons (Fsp3) is 0. The molecule has 0 aliphatic carbocycles. The van der Waals surface area contributed by atoms with Gasteiger partial charge in [0.2, 0.25) is 0 Å². The molecule has 2 aromatic rings. The van der Waals surface area contributed by atoms with Gasteiger partial charge in [-0.1, -0.05) is 11.6 Å². The fourth-order valence-corrected chi connectivity index (χ4v) is 2.76. The molecule has 8 heteroatoms. The number of nitrogen functional groups attached to an aromatic ring is 1. The number of anilines is 2. The second-order valence-electron chi connectivity index (χ2n) is 3.95. The van der Waals surface area contributed by atoms with E-state index in [2.05, 4.69) is 4.72 Å². The summed E-state index contributed by atoms with van der Waals surface area (Å²) in [6, 6.07) is 6.10. The van der Waals surface area contributed by atoms with Gasteiger partial charge < -0.3 is 5.73 Å². The standard InChI is InChI=1S/C12H9ClF2N2O2S/c13-11-6-9(1-2-12(11)16)17-20(18,19)10-4-7(14)3-8(15)5-10/h1-6,17H,16H2. The molecule has 0 amide bonds. The number of halogens is 3. The van der Waals surface area contributed by atoms with E-state index in [1.165, 1.54) is 18.2 Å². The van der Waals surface area contributed by atoms with E-state index in [4.69, 9.17) is 17.3 Å². The zero-order valence-electron chi connectivity index (χ0n) is 9.90. The molecule has 20 heavy (non-hydrogen) atoms. The van der Waals surface area contributed by atoms with Crippen LogP contribution in [-0.4, -0.2) is 8.42 Å². The van der Waals surface area contributed by atoms with Crippen LogP contribution >= 0.6 is 11.6 Å². The highest BCUT2D eigenvalue weighted by Crippen LogP contribution is 2.25.